The van der Waals surface area contributed by atoms with Gasteiger partial charge in [0.1, 0.15) is 5.69 Å². The Balaban J connectivity index is 2.25. The van der Waals surface area contributed by atoms with Crippen LogP contribution < -0.4 is 4.90 Å². The van der Waals surface area contributed by atoms with Crippen molar-refractivity contribution in [2.24, 2.45) is 5.41 Å². The van der Waals surface area contributed by atoms with E-state index in [0.717, 1.165) is 4.47 Å². The molecule has 0 spiro atoms. The molecule has 6 nitrogen and oxygen atoms in total. The number of nitro benzene ring substituents is 1. The second-order valence-corrected chi connectivity index (χ2v) is 6.16. The summed E-state index contributed by atoms with van der Waals surface area (Å²) in [6.07, 6.45) is 0.956. The number of hydrogen-bond acceptors (Lipinski definition) is 4. The van der Waals surface area contributed by atoms with Gasteiger partial charge in [0.15, 0.2) is 0 Å². The van der Waals surface area contributed by atoms with Crippen molar-refractivity contribution in [1.82, 2.24) is 0 Å². The third-order valence-corrected chi connectivity index (χ3v) is 4.35. The van der Waals surface area contributed by atoms with Crippen molar-refractivity contribution in [2.75, 3.05) is 18.0 Å². The maximum Gasteiger partial charge on any atom is 0.309 e. The zero-order valence-electron chi connectivity index (χ0n) is 11.0. The van der Waals surface area contributed by atoms with Crippen molar-refractivity contribution in [3.63, 3.8) is 0 Å². The van der Waals surface area contributed by atoms with E-state index in [1.54, 1.807) is 19.1 Å². The van der Waals surface area contributed by atoms with E-state index in [9.17, 15) is 20.0 Å². The largest absolute Gasteiger partial charge is 0.481 e. The Kier molecular flexibility index (Phi) is 3.99. The molecule has 0 atom stereocenters. The van der Waals surface area contributed by atoms with E-state index in [1.807, 2.05) is 4.90 Å². The molecule has 0 bridgehead atoms. The van der Waals surface area contributed by atoms with Gasteiger partial charge in [0.2, 0.25) is 0 Å². The molecule has 1 aliphatic heterocycles. The van der Waals surface area contributed by atoms with Gasteiger partial charge in [-0.15, -0.1) is 0 Å². The molecule has 1 fully saturated rings. The Morgan fingerprint density at radius 2 is 2.05 bits per heavy atom. The number of nitro groups is 1. The highest BCUT2D eigenvalue weighted by molar-refractivity contribution is 9.10. The predicted octanol–water partition coefficient (Wildman–Crippen LogP) is 3.05. The van der Waals surface area contributed by atoms with Gasteiger partial charge in [0, 0.05) is 23.6 Å². The maximum absolute atomic E-state index is 11.2. The van der Waals surface area contributed by atoms with Gasteiger partial charge in [-0.1, -0.05) is 15.9 Å². The number of carboxylic acids is 1. The van der Waals surface area contributed by atoms with Crippen LogP contribution in [-0.4, -0.2) is 29.1 Å². The first kappa shape index (κ1) is 14.8. The molecular weight excluding hydrogens is 328 g/mol. The second kappa shape index (κ2) is 5.40. The molecular formula is C13H15BrN2O4. The molecule has 7 heteroatoms. The van der Waals surface area contributed by atoms with E-state index in [2.05, 4.69) is 15.9 Å². The minimum Gasteiger partial charge on any atom is -0.481 e. The van der Waals surface area contributed by atoms with Crippen LogP contribution >= 0.6 is 15.9 Å². The van der Waals surface area contributed by atoms with Gasteiger partial charge < -0.3 is 10.0 Å². The first-order valence-electron chi connectivity index (χ1n) is 6.26. The molecule has 1 aliphatic rings. The van der Waals surface area contributed by atoms with Gasteiger partial charge in [-0.25, -0.2) is 0 Å². The molecule has 1 N–H and O–H groups in total. The van der Waals surface area contributed by atoms with E-state index in [1.165, 1.54) is 6.07 Å². The summed E-state index contributed by atoms with van der Waals surface area (Å²) >= 11 is 3.31. The summed E-state index contributed by atoms with van der Waals surface area (Å²) in [6.45, 7) is 2.72. The highest BCUT2D eigenvalue weighted by atomic mass is 79.9. The van der Waals surface area contributed by atoms with Gasteiger partial charge in [0.25, 0.3) is 5.69 Å². The molecule has 0 radical (unpaired) electrons. The summed E-state index contributed by atoms with van der Waals surface area (Å²) in [5.74, 6) is -0.805. The van der Waals surface area contributed by atoms with Crippen molar-refractivity contribution >= 4 is 33.3 Å². The Morgan fingerprint density at radius 1 is 1.45 bits per heavy atom. The van der Waals surface area contributed by atoms with Gasteiger partial charge in [0.05, 0.1) is 10.3 Å². The fraction of sp³-hybridized carbons (Fsp3) is 0.462. The summed E-state index contributed by atoms with van der Waals surface area (Å²) in [6, 6.07) is 4.80. The molecule has 0 aromatic heterocycles. The number of halogens is 1. The third kappa shape index (κ3) is 2.77. The first-order valence-corrected chi connectivity index (χ1v) is 7.05. The van der Waals surface area contributed by atoms with Crippen LogP contribution in [-0.2, 0) is 4.79 Å². The third-order valence-electron chi connectivity index (χ3n) is 3.86. The SMILES string of the molecule is CC1(C(=O)O)CCN(c2cc(Br)ccc2[N+](=O)[O-])CC1. The van der Waals surface area contributed by atoms with Gasteiger partial charge in [-0.05, 0) is 31.9 Å². The quantitative estimate of drug-likeness (QED) is 0.674. The number of nitrogens with zero attached hydrogens (tertiary/aromatic N) is 2. The average Bonchev–Trinajstić information content (AvgIpc) is 2.39. The molecule has 1 saturated heterocycles. The van der Waals surface area contributed by atoms with Gasteiger partial charge in [-0.2, -0.15) is 0 Å². The lowest BCUT2D eigenvalue weighted by Crippen LogP contribution is -2.42. The average molecular weight is 343 g/mol. The van der Waals surface area contributed by atoms with Gasteiger partial charge in [-0.3, -0.25) is 14.9 Å². The summed E-state index contributed by atoms with van der Waals surface area (Å²) in [5, 5.41) is 20.3. The van der Waals surface area contributed by atoms with Crippen molar-refractivity contribution in [2.45, 2.75) is 19.8 Å². The lowest BCUT2D eigenvalue weighted by Gasteiger charge is -2.37. The van der Waals surface area contributed by atoms with Crippen LogP contribution in [0.4, 0.5) is 11.4 Å². The number of hydrogen-bond donors (Lipinski definition) is 1. The molecule has 0 unspecified atom stereocenters. The van der Waals surface area contributed by atoms with Gasteiger partial charge >= 0.3 is 5.97 Å². The molecule has 0 aliphatic carbocycles. The van der Waals surface area contributed by atoms with Crippen LogP contribution in [0.15, 0.2) is 22.7 Å². The Labute approximate surface area is 124 Å². The normalized spacial score (nSPS) is 17.8. The van der Waals surface area contributed by atoms with E-state index >= 15 is 0 Å². The van der Waals surface area contributed by atoms with Crippen LogP contribution in [0, 0.1) is 15.5 Å². The van der Waals surface area contributed by atoms with Crippen molar-refractivity contribution in [1.29, 1.82) is 0 Å². The topological polar surface area (TPSA) is 83.7 Å². The zero-order chi connectivity index (χ0) is 14.9. The van der Waals surface area contributed by atoms with Crippen molar-refractivity contribution < 1.29 is 14.8 Å². The molecule has 1 aromatic rings. The lowest BCUT2D eigenvalue weighted by molar-refractivity contribution is -0.384. The molecule has 0 amide bonds. The fourth-order valence-corrected chi connectivity index (χ4v) is 2.71. The molecule has 1 aromatic carbocycles. The zero-order valence-corrected chi connectivity index (χ0v) is 12.6. The van der Waals surface area contributed by atoms with E-state index < -0.39 is 16.3 Å². The smallest absolute Gasteiger partial charge is 0.309 e. The molecule has 2 rings (SSSR count). The monoisotopic (exact) mass is 342 g/mol. The van der Waals surface area contributed by atoms with Crippen molar-refractivity contribution in [3.8, 4) is 0 Å². The highest BCUT2D eigenvalue weighted by Crippen LogP contribution is 2.37. The predicted molar refractivity (Wildman–Crippen MR) is 78.0 cm³/mol. The van der Waals surface area contributed by atoms with Crippen molar-refractivity contribution in [3.05, 3.63) is 32.8 Å². The number of carboxylic acid groups (broad SMARTS) is 1. The standard InChI is InChI=1S/C13H15BrN2O4/c1-13(12(17)18)4-6-15(7-5-13)11-8-9(14)2-3-10(11)16(19)20/h2-3,8H,4-7H2,1H3,(H,17,18). The Hall–Kier alpha value is -1.63. The minimum atomic E-state index is -0.805. The summed E-state index contributed by atoms with van der Waals surface area (Å²) in [5.41, 5.74) is -0.152. The molecule has 20 heavy (non-hydrogen) atoms. The molecule has 0 saturated carbocycles. The van der Waals surface area contributed by atoms with E-state index in [0.29, 0.717) is 31.6 Å². The number of aliphatic carboxylic acids is 1. The molecule has 1 heterocycles. The number of rotatable bonds is 3. The van der Waals surface area contributed by atoms with Crippen LogP contribution in [0.5, 0.6) is 0 Å². The van der Waals surface area contributed by atoms with Crippen LogP contribution in [0.1, 0.15) is 19.8 Å². The molecule has 108 valence electrons. The first-order chi connectivity index (χ1) is 9.33. The highest BCUT2D eigenvalue weighted by Gasteiger charge is 2.38. The number of benzene rings is 1. The maximum atomic E-state index is 11.2. The number of anilines is 1. The fourth-order valence-electron chi connectivity index (χ4n) is 2.36. The Bertz CT molecular complexity index is 553. The summed E-state index contributed by atoms with van der Waals surface area (Å²) < 4.78 is 0.768. The van der Waals surface area contributed by atoms with E-state index in [-0.39, 0.29) is 5.69 Å². The summed E-state index contributed by atoms with van der Waals surface area (Å²) in [7, 11) is 0. The Morgan fingerprint density at radius 3 is 2.55 bits per heavy atom. The van der Waals surface area contributed by atoms with Crippen LogP contribution in [0.25, 0.3) is 0 Å². The summed E-state index contributed by atoms with van der Waals surface area (Å²) in [4.78, 5) is 23.8. The number of carbonyl (C=O) groups is 1. The minimum absolute atomic E-state index is 0.0483. The van der Waals surface area contributed by atoms with Crippen LogP contribution in [0.3, 0.4) is 0 Å². The van der Waals surface area contributed by atoms with Crippen LogP contribution in [0.2, 0.25) is 0 Å². The lowest BCUT2D eigenvalue weighted by atomic mass is 9.80. The number of piperidine rings is 1. The second-order valence-electron chi connectivity index (χ2n) is 5.24. The van der Waals surface area contributed by atoms with E-state index in [4.69, 9.17) is 0 Å².